The fourth-order valence-corrected chi connectivity index (χ4v) is 5.05. The van der Waals surface area contributed by atoms with E-state index in [2.05, 4.69) is 22.0 Å². The number of carbonyl (C=O) groups excluding carboxylic acids is 3. The molecule has 6 nitrogen and oxygen atoms in total. The first-order valence-electron chi connectivity index (χ1n) is 10.1. The van der Waals surface area contributed by atoms with Crippen LogP contribution in [0.25, 0.3) is 0 Å². The molecule has 30 heavy (non-hydrogen) atoms. The van der Waals surface area contributed by atoms with E-state index in [0.29, 0.717) is 44.6 Å². The standard InChI is InChI=1S/C22H23BrN2O4S/c23-18-3-1-15(2-4-18)21(27)24-9-5-16(6-10-24)22(28)29-14-20(26)25-11-7-19-17(13-25)8-12-30-19/h1-4,8,12,16H,5-7,9-11,13-14H2. The zero-order valence-corrected chi connectivity index (χ0v) is 18.9. The summed E-state index contributed by atoms with van der Waals surface area (Å²) in [4.78, 5) is 42.3. The molecule has 0 spiro atoms. The molecule has 0 aliphatic carbocycles. The molecule has 0 bridgehead atoms. The number of likely N-dealkylation sites (tertiary alicyclic amines) is 1. The molecular formula is C22H23BrN2O4S. The van der Waals surface area contributed by atoms with E-state index in [1.165, 1.54) is 10.4 Å². The Morgan fingerprint density at radius 2 is 1.77 bits per heavy atom. The highest BCUT2D eigenvalue weighted by Crippen LogP contribution is 2.24. The molecule has 4 rings (SSSR count). The molecule has 0 N–H and O–H groups in total. The van der Waals surface area contributed by atoms with Crippen molar-refractivity contribution in [1.82, 2.24) is 9.80 Å². The number of esters is 1. The van der Waals surface area contributed by atoms with Gasteiger partial charge in [-0.05, 0) is 60.5 Å². The van der Waals surface area contributed by atoms with Gasteiger partial charge in [-0.2, -0.15) is 0 Å². The maximum absolute atomic E-state index is 12.6. The van der Waals surface area contributed by atoms with Crippen LogP contribution >= 0.6 is 27.3 Å². The number of piperidine rings is 1. The Labute approximate surface area is 187 Å². The lowest BCUT2D eigenvalue weighted by Gasteiger charge is -2.31. The van der Waals surface area contributed by atoms with Gasteiger partial charge in [0.2, 0.25) is 0 Å². The first kappa shape index (κ1) is 21.1. The number of carbonyl (C=O) groups is 3. The summed E-state index contributed by atoms with van der Waals surface area (Å²) in [6.07, 6.45) is 1.96. The van der Waals surface area contributed by atoms with Gasteiger partial charge in [-0.3, -0.25) is 14.4 Å². The van der Waals surface area contributed by atoms with E-state index >= 15 is 0 Å². The predicted molar refractivity (Wildman–Crippen MR) is 117 cm³/mol. The van der Waals surface area contributed by atoms with Crippen LogP contribution in [0, 0.1) is 5.92 Å². The minimum absolute atomic E-state index is 0.0256. The number of fused-ring (bicyclic) bond motifs is 1. The van der Waals surface area contributed by atoms with E-state index < -0.39 is 0 Å². The predicted octanol–water partition coefficient (Wildman–Crippen LogP) is 3.49. The summed E-state index contributed by atoms with van der Waals surface area (Å²) in [5.41, 5.74) is 1.83. The van der Waals surface area contributed by atoms with Crippen LogP contribution in [-0.4, -0.2) is 53.8 Å². The van der Waals surface area contributed by atoms with Crippen molar-refractivity contribution in [2.75, 3.05) is 26.2 Å². The SMILES string of the molecule is O=C(OCC(=O)N1CCc2sccc2C1)C1CCN(C(=O)c2ccc(Br)cc2)CC1. The summed E-state index contributed by atoms with van der Waals surface area (Å²) in [6.45, 7) is 2.06. The number of rotatable bonds is 4. The summed E-state index contributed by atoms with van der Waals surface area (Å²) in [5, 5.41) is 2.05. The number of halogens is 1. The zero-order chi connectivity index (χ0) is 21.1. The molecule has 0 unspecified atom stereocenters. The van der Waals surface area contributed by atoms with E-state index in [9.17, 15) is 14.4 Å². The number of ether oxygens (including phenoxy) is 1. The largest absolute Gasteiger partial charge is 0.455 e. The molecule has 3 heterocycles. The zero-order valence-electron chi connectivity index (χ0n) is 16.5. The lowest BCUT2D eigenvalue weighted by Crippen LogP contribution is -2.42. The average Bonchev–Trinajstić information content (AvgIpc) is 3.25. The van der Waals surface area contributed by atoms with Crippen molar-refractivity contribution in [2.45, 2.75) is 25.8 Å². The highest BCUT2D eigenvalue weighted by Gasteiger charge is 2.30. The molecule has 0 radical (unpaired) electrons. The number of thiophene rings is 1. The topological polar surface area (TPSA) is 66.9 Å². The van der Waals surface area contributed by atoms with Crippen LogP contribution < -0.4 is 0 Å². The van der Waals surface area contributed by atoms with Crippen LogP contribution in [0.1, 0.15) is 33.6 Å². The maximum atomic E-state index is 12.6. The molecular weight excluding hydrogens is 468 g/mol. The highest BCUT2D eigenvalue weighted by molar-refractivity contribution is 9.10. The van der Waals surface area contributed by atoms with E-state index in [1.807, 2.05) is 17.5 Å². The van der Waals surface area contributed by atoms with Crippen molar-refractivity contribution in [3.63, 3.8) is 0 Å². The van der Waals surface area contributed by atoms with Crippen molar-refractivity contribution in [3.05, 3.63) is 56.2 Å². The summed E-state index contributed by atoms with van der Waals surface area (Å²) in [5.74, 6) is -0.783. The van der Waals surface area contributed by atoms with Gasteiger partial charge in [0.1, 0.15) is 0 Å². The van der Waals surface area contributed by atoms with Gasteiger partial charge in [-0.15, -0.1) is 11.3 Å². The second kappa shape index (κ2) is 9.31. The van der Waals surface area contributed by atoms with Crippen LogP contribution in [0.4, 0.5) is 0 Å². The Kier molecular flexibility index (Phi) is 6.53. The lowest BCUT2D eigenvalue weighted by molar-refractivity contribution is -0.157. The smallest absolute Gasteiger partial charge is 0.309 e. The fourth-order valence-electron chi connectivity index (χ4n) is 3.90. The maximum Gasteiger partial charge on any atom is 0.309 e. The van der Waals surface area contributed by atoms with E-state index in [4.69, 9.17) is 4.74 Å². The second-order valence-corrected chi connectivity index (χ2v) is 9.53. The van der Waals surface area contributed by atoms with Crippen molar-refractivity contribution in [2.24, 2.45) is 5.92 Å². The van der Waals surface area contributed by atoms with Crippen LogP contribution in [0.15, 0.2) is 40.2 Å². The number of hydrogen-bond donors (Lipinski definition) is 0. The molecule has 2 aromatic rings. The van der Waals surface area contributed by atoms with Gasteiger partial charge in [0.05, 0.1) is 5.92 Å². The first-order chi connectivity index (χ1) is 14.5. The first-order valence-corrected chi connectivity index (χ1v) is 11.7. The molecule has 1 saturated heterocycles. The third-order valence-electron chi connectivity index (χ3n) is 5.70. The number of hydrogen-bond acceptors (Lipinski definition) is 5. The molecule has 0 saturated carbocycles. The average molecular weight is 491 g/mol. The third-order valence-corrected chi connectivity index (χ3v) is 7.26. The van der Waals surface area contributed by atoms with Gasteiger partial charge in [0.15, 0.2) is 6.61 Å². The summed E-state index contributed by atoms with van der Waals surface area (Å²) in [7, 11) is 0. The molecule has 1 aromatic carbocycles. The van der Waals surface area contributed by atoms with Gasteiger partial charge >= 0.3 is 5.97 Å². The number of amides is 2. The Morgan fingerprint density at radius 3 is 2.50 bits per heavy atom. The van der Waals surface area contributed by atoms with Gasteiger partial charge in [0, 0.05) is 41.1 Å². The Balaban J connectivity index is 1.22. The van der Waals surface area contributed by atoms with Crippen LogP contribution in [0.2, 0.25) is 0 Å². The van der Waals surface area contributed by atoms with Crippen molar-refractivity contribution >= 4 is 45.1 Å². The second-order valence-electron chi connectivity index (χ2n) is 7.62. The molecule has 1 aromatic heterocycles. The minimum Gasteiger partial charge on any atom is -0.455 e. The van der Waals surface area contributed by atoms with Crippen molar-refractivity contribution in [1.29, 1.82) is 0 Å². The molecule has 2 aliphatic rings. The summed E-state index contributed by atoms with van der Waals surface area (Å²) < 4.78 is 6.25. The van der Waals surface area contributed by atoms with Gasteiger partial charge in [-0.25, -0.2) is 0 Å². The van der Waals surface area contributed by atoms with E-state index in [-0.39, 0.29) is 30.3 Å². The Morgan fingerprint density at radius 1 is 1.03 bits per heavy atom. The molecule has 2 amide bonds. The van der Waals surface area contributed by atoms with Gasteiger partial charge < -0.3 is 14.5 Å². The van der Waals surface area contributed by atoms with Crippen LogP contribution in [0.3, 0.4) is 0 Å². The molecule has 8 heteroatoms. The lowest BCUT2D eigenvalue weighted by atomic mass is 9.96. The number of nitrogens with zero attached hydrogens (tertiary/aromatic N) is 2. The molecule has 158 valence electrons. The van der Waals surface area contributed by atoms with Gasteiger partial charge in [-0.1, -0.05) is 15.9 Å². The third kappa shape index (κ3) is 4.75. The quantitative estimate of drug-likeness (QED) is 0.615. The normalized spacial score (nSPS) is 16.8. The highest BCUT2D eigenvalue weighted by atomic mass is 79.9. The molecule has 1 fully saturated rings. The molecule has 2 aliphatic heterocycles. The van der Waals surface area contributed by atoms with Crippen LogP contribution in [0.5, 0.6) is 0 Å². The summed E-state index contributed by atoms with van der Waals surface area (Å²) in [6, 6.07) is 9.32. The van der Waals surface area contributed by atoms with Crippen LogP contribution in [-0.2, 0) is 27.3 Å². The number of benzene rings is 1. The Hall–Kier alpha value is -2.19. The molecule has 0 atom stereocenters. The summed E-state index contributed by atoms with van der Waals surface area (Å²) >= 11 is 5.09. The monoisotopic (exact) mass is 490 g/mol. The van der Waals surface area contributed by atoms with E-state index in [1.54, 1.807) is 33.3 Å². The van der Waals surface area contributed by atoms with Crippen molar-refractivity contribution < 1.29 is 19.1 Å². The van der Waals surface area contributed by atoms with E-state index in [0.717, 1.165) is 10.9 Å². The fraction of sp³-hybridized carbons (Fsp3) is 0.409. The van der Waals surface area contributed by atoms with Crippen molar-refractivity contribution in [3.8, 4) is 0 Å². The van der Waals surface area contributed by atoms with Gasteiger partial charge in [0.25, 0.3) is 11.8 Å². The minimum atomic E-state index is -0.340. The Bertz CT molecular complexity index is 935.